The van der Waals surface area contributed by atoms with Crippen LogP contribution in [0.25, 0.3) is 0 Å². The summed E-state index contributed by atoms with van der Waals surface area (Å²) in [6.07, 6.45) is 0.567. The number of benzene rings is 1. The average molecular weight is 288 g/mol. The van der Waals surface area contributed by atoms with Crippen LogP contribution in [0.5, 0.6) is 0 Å². The van der Waals surface area contributed by atoms with E-state index in [0.717, 1.165) is 0 Å². The molecular weight excluding hydrogens is 270 g/mol. The van der Waals surface area contributed by atoms with Crippen LogP contribution in [0.2, 0.25) is 0 Å². The van der Waals surface area contributed by atoms with Crippen LogP contribution >= 0.6 is 12.4 Å². The van der Waals surface area contributed by atoms with Gasteiger partial charge in [-0.25, -0.2) is 0 Å². The Kier molecular flexibility index (Phi) is 7.71. The molecule has 1 aromatic carbocycles. The summed E-state index contributed by atoms with van der Waals surface area (Å²) in [6.45, 7) is 2.98. The van der Waals surface area contributed by atoms with Crippen LogP contribution in [-0.4, -0.2) is 31.0 Å². The number of aryl methyl sites for hydroxylation is 1. The Balaban J connectivity index is 0.00000324. The van der Waals surface area contributed by atoms with E-state index < -0.39 is 4.92 Å². The summed E-state index contributed by atoms with van der Waals surface area (Å²) >= 11 is 0. The second kappa shape index (κ2) is 8.44. The molecule has 0 heterocycles. The lowest BCUT2D eigenvalue weighted by Crippen LogP contribution is -2.30. The van der Waals surface area contributed by atoms with Crippen LogP contribution in [0.4, 0.5) is 5.69 Å². The Labute approximate surface area is 118 Å². The van der Waals surface area contributed by atoms with Crippen LogP contribution in [-0.2, 0) is 6.42 Å². The number of carbonyl (C=O) groups is 1. The molecule has 1 amide bonds. The molecular formula is C12H18ClN3O3. The Morgan fingerprint density at radius 1 is 1.37 bits per heavy atom. The van der Waals surface area contributed by atoms with Crippen LogP contribution in [0, 0.1) is 10.1 Å². The molecule has 6 nitrogen and oxygen atoms in total. The maximum absolute atomic E-state index is 11.7. The topological polar surface area (TPSA) is 84.3 Å². The van der Waals surface area contributed by atoms with Crippen LogP contribution in [0.3, 0.4) is 0 Å². The third-order valence-electron chi connectivity index (χ3n) is 2.59. The fourth-order valence-corrected chi connectivity index (χ4v) is 1.58. The van der Waals surface area contributed by atoms with Gasteiger partial charge in [-0.15, -0.1) is 12.4 Å². The highest BCUT2D eigenvalue weighted by molar-refractivity contribution is 5.95. The maximum Gasteiger partial charge on any atom is 0.273 e. The largest absolute Gasteiger partial charge is 0.351 e. The minimum Gasteiger partial charge on any atom is -0.351 e. The molecule has 0 saturated carbocycles. The van der Waals surface area contributed by atoms with Gasteiger partial charge in [-0.05, 0) is 19.5 Å². The van der Waals surface area contributed by atoms with E-state index in [-0.39, 0.29) is 24.0 Å². The van der Waals surface area contributed by atoms with Gasteiger partial charge in [-0.2, -0.15) is 0 Å². The molecule has 1 aromatic rings. The van der Waals surface area contributed by atoms with Crippen molar-refractivity contribution in [2.75, 3.05) is 20.1 Å². The van der Waals surface area contributed by atoms with Crippen molar-refractivity contribution < 1.29 is 9.72 Å². The fraction of sp³-hybridized carbons (Fsp3) is 0.417. The zero-order valence-corrected chi connectivity index (χ0v) is 11.8. The summed E-state index contributed by atoms with van der Waals surface area (Å²) in [7, 11) is 1.78. The molecule has 0 saturated heterocycles. The van der Waals surface area contributed by atoms with Crippen molar-refractivity contribution in [2.24, 2.45) is 0 Å². The number of nitrogens with zero attached hydrogens (tertiary/aromatic N) is 1. The fourth-order valence-electron chi connectivity index (χ4n) is 1.58. The third-order valence-corrected chi connectivity index (χ3v) is 2.59. The highest BCUT2D eigenvalue weighted by Crippen LogP contribution is 2.20. The minimum absolute atomic E-state index is 0. The molecule has 0 spiro atoms. The van der Waals surface area contributed by atoms with Crippen molar-refractivity contribution in [3.8, 4) is 0 Å². The van der Waals surface area contributed by atoms with Gasteiger partial charge < -0.3 is 10.6 Å². The molecule has 0 aliphatic rings. The van der Waals surface area contributed by atoms with Gasteiger partial charge in [0.2, 0.25) is 0 Å². The van der Waals surface area contributed by atoms with Gasteiger partial charge in [-0.1, -0.05) is 13.0 Å². The molecule has 0 aliphatic heterocycles. The molecule has 0 fully saturated rings. The zero-order valence-electron chi connectivity index (χ0n) is 10.9. The molecule has 7 heteroatoms. The Hall–Kier alpha value is -1.66. The van der Waals surface area contributed by atoms with Gasteiger partial charge in [0, 0.05) is 30.3 Å². The van der Waals surface area contributed by atoms with Crippen molar-refractivity contribution in [1.29, 1.82) is 0 Å². The van der Waals surface area contributed by atoms with E-state index in [1.54, 1.807) is 19.2 Å². The minimum atomic E-state index is -0.455. The third kappa shape index (κ3) is 4.84. The SMILES string of the molecule is CCc1ccc(C(=O)NCCNC)cc1[N+](=O)[O-].Cl. The Morgan fingerprint density at radius 3 is 2.58 bits per heavy atom. The molecule has 0 bridgehead atoms. The second-order valence-electron chi connectivity index (χ2n) is 3.81. The lowest BCUT2D eigenvalue weighted by molar-refractivity contribution is -0.385. The molecule has 0 atom stereocenters. The van der Waals surface area contributed by atoms with Crippen LogP contribution in [0.15, 0.2) is 18.2 Å². The number of likely N-dealkylation sites (N-methyl/N-ethyl adjacent to an activating group) is 1. The van der Waals surface area contributed by atoms with E-state index in [1.165, 1.54) is 6.07 Å². The summed E-state index contributed by atoms with van der Waals surface area (Å²) in [5.74, 6) is -0.295. The number of amides is 1. The van der Waals surface area contributed by atoms with E-state index in [4.69, 9.17) is 0 Å². The number of rotatable bonds is 6. The summed E-state index contributed by atoms with van der Waals surface area (Å²) in [4.78, 5) is 22.2. The van der Waals surface area contributed by atoms with Gasteiger partial charge in [0.25, 0.3) is 11.6 Å². The highest BCUT2D eigenvalue weighted by atomic mass is 35.5. The van der Waals surface area contributed by atoms with Crippen LogP contribution < -0.4 is 10.6 Å². The molecule has 19 heavy (non-hydrogen) atoms. The number of halogens is 1. The number of carbonyl (C=O) groups excluding carboxylic acids is 1. The lowest BCUT2D eigenvalue weighted by atomic mass is 10.1. The Morgan fingerprint density at radius 2 is 2.05 bits per heavy atom. The van der Waals surface area contributed by atoms with Crippen molar-refractivity contribution in [1.82, 2.24) is 10.6 Å². The molecule has 0 aliphatic carbocycles. The van der Waals surface area contributed by atoms with Crippen LogP contribution in [0.1, 0.15) is 22.8 Å². The van der Waals surface area contributed by atoms with E-state index in [0.29, 0.717) is 30.6 Å². The van der Waals surface area contributed by atoms with Crippen molar-refractivity contribution >= 4 is 24.0 Å². The number of nitro benzene ring substituents is 1. The van der Waals surface area contributed by atoms with E-state index in [2.05, 4.69) is 10.6 Å². The van der Waals surface area contributed by atoms with E-state index >= 15 is 0 Å². The highest BCUT2D eigenvalue weighted by Gasteiger charge is 2.15. The van der Waals surface area contributed by atoms with Crippen molar-refractivity contribution in [3.05, 3.63) is 39.4 Å². The van der Waals surface area contributed by atoms with Crippen molar-refractivity contribution in [2.45, 2.75) is 13.3 Å². The molecule has 1 rings (SSSR count). The standard InChI is InChI=1S/C12H17N3O3.ClH/c1-3-9-4-5-10(8-11(9)15(17)18)12(16)14-7-6-13-2;/h4-5,8,13H,3,6-7H2,1-2H3,(H,14,16);1H. The lowest BCUT2D eigenvalue weighted by Gasteiger charge is -2.06. The molecule has 0 radical (unpaired) electrons. The Bertz CT molecular complexity index is 452. The normalized spacial score (nSPS) is 9.58. The van der Waals surface area contributed by atoms with Crippen molar-refractivity contribution in [3.63, 3.8) is 0 Å². The first kappa shape index (κ1) is 17.3. The summed E-state index contributed by atoms with van der Waals surface area (Å²) in [6, 6.07) is 4.57. The first-order valence-corrected chi connectivity index (χ1v) is 5.80. The van der Waals surface area contributed by atoms with E-state index in [1.807, 2.05) is 6.92 Å². The van der Waals surface area contributed by atoms with Gasteiger partial charge in [0.1, 0.15) is 0 Å². The van der Waals surface area contributed by atoms with Gasteiger partial charge in [0.15, 0.2) is 0 Å². The molecule has 2 N–H and O–H groups in total. The van der Waals surface area contributed by atoms with E-state index in [9.17, 15) is 14.9 Å². The first-order chi connectivity index (χ1) is 8.60. The van der Waals surface area contributed by atoms with Gasteiger partial charge in [0.05, 0.1) is 4.92 Å². The monoisotopic (exact) mass is 287 g/mol. The maximum atomic E-state index is 11.7. The predicted octanol–water partition coefficient (Wildman–Crippen LogP) is 1.53. The number of nitrogens with one attached hydrogen (secondary N) is 2. The molecule has 0 aromatic heterocycles. The molecule has 0 unspecified atom stereocenters. The number of nitro groups is 1. The molecule has 106 valence electrons. The quantitative estimate of drug-likeness (QED) is 0.472. The number of hydrogen-bond acceptors (Lipinski definition) is 4. The van der Waals surface area contributed by atoms with Gasteiger partial charge >= 0.3 is 0 Å². The summed E-state index contributed by atoms with van der Waals surface area (Å²) in [5, 5.41) is 16.5. The predicted molar refractivity (Wildman–Crippen MR) is 76.0 cm³/mol. The first-order valence-electron chi connectivity index (χ1n) is 5.80. The average Bonchev–Trinajstić information content (AvgIpc) is 2.38. The summed E-state index contributed by atoms with van der Waals surface area (Å²) in [5.41, 5.74) is 0.945. The second-order valence-corrected chi connectivity index (χ2v) is 3.81. The summed E-state index contributed by atoms with van der Waals surface area (Å²) < 4.78 is 0. The number of hydrogen-bond donors (Lipinski definition) is 2. The van der Waals surface area contributed by atoms with Gasteiger partial charge in [-0.3, -0.25) is 14.9 Å². The smallest absolute Gasteiger partial charge is 0.273 e. The zero-order chi connectivity index (χ0) is 13.5.